The summed E-state index contributed by atoms with van der Waals surface area (Å²) in [5, 5.41) is 3.21. The van der Waals surface area contributed by atoms with Gasteiger partial charge in [-0.3, -0.25) is 0 Å². The third kappa shape index (κ3) is 3.30. The summed E-state index contributed by atoms with van der Waals surface area (Å²) < 4.78 is 19.8. The van der Waals surface area contributed by atoms with E-state index in [2.05, 4.69) is 10.3 Å². The second-order valence-electron chi connectivity index (χ2n) is 3.92. The van der Waals surface area contributed by atoms with Gasteiger partial charge in [-0.05, 0) is 17.7 Å². The Balaban J connectivity index is 1.93. The summed E-state index contributed by atoms with van der Waals surface area (Å²) in [7, 11) is 1.67. The highest BCUT2D eigenvalue weighted by Crippen LogP contribution is 2.08. The molecule has 0 aliphatic carbocycles. The van der Waals surface area contributed by atoms with Crippen LogP contribution in [-0.4, -0.2) is 23.3 Å². The zero-order valence-corrected chi connectivity index (χ0v) is 10.3. The van der Waals surface area contributed by atoms with Crippen LogP contribution in [0.1, 0.15) is 5.56 Å². The highest BCUT2D eigenvalue weighted by molar-refractivity contribution is 5.29. The predicted molar refractivity (Wildman–Crippen MR) is 67.8 cm³/mol. The fourth-order valence-corrected chi connectivity index (χ4v) is 1.63. The average molecular weight is 249 g/mol. The smallest absolute Gasteiger partial charge is 0.203 e. The molecule has 2 aromatic rings. The van der Waals surface area contributed by atoms with Gasteiger partial charge < -0.3 is 14.6 Å². The maximum Gasteiger partial charge on any atom is 0.203 e. The van der Waals surface area contributed by atoms with Gasteiger partial charge in [-0.25, -0.2) is 9.37 Å². The Morgan fingerprint density at radius 3 is 2.83 bits per heavy atom. The van der Waals surface area contributed by atoms with Crippen molar-refractivity contribution in [1.82, 2.24) is 9.55 Å². The van der Waals surface area contributed by atoms with Crippen LogP contribution in [0.3, 0.4) is 0 Å². The van der Waals surface area contributed by atoms with Crippen molar-refractivity contribution >= 4 is 5.95 Å². The molecule has 0 fully saturated rings. The Labute approximate surface area is 105 Å². The van der Waals surface area contributed by atoms with Gasteiger partial charge in [0, 0.05) is 32.6 Å². The lowest BCUT2D eigenvalue weighted by Gasteiger charge is -2.09. The topological polar surface area (TPSA) is 39.1 Å². The SMILES string of the molecule is COCCn1ccnc1NCc1ccc(F)cc1. The highest BCUT2D eigenvalue weighted by Gasteiger charge is 2.02. The molecular weight excluding hydrogens is 233 g/mol. The van der Waals surface area contributed by atoms with Gasteiger partial charge in [0.2, 0.25) is 5.95 Å². The molecule has 2 rings (SSSR count). The van der Waals surface area contributed by atoms with Crippen LogP contribution < -0.4 is 5.32 Å². The third-order valence-corrected chi connectivity index (χ3v) is 2.62. The largest absolute Gasteiger partial charge is 0.383 e. The van der Waals surface area contributed by atoms with Crippen molar-refractivity contribution in [2.24, 2.45) is 0 Å². The molecule has 0 bridgehead atoms. The Hall–Kier alpha value is -1.88. The normalized spacial score (nSPS) is 10.6. The van der Waals surface area contributed by atoms with Crippen molar-refractivity contribution in [2.75, 3.05) is 19.0 Å². The summed E-state index contributed by atoms with van der Waals surface area (Å²) >= 11 is 0. The fraction of sp³-hybridized carbons (Fsp3) is 0.308. The standard InChI is InChI=1S/C13H16FN3O/c1-18-9-8-17-7-6-15-13(17)16-10-11-2-4-12(14)5-3-11/h2-7H,8-10H2,1H3,(H,15,16). The summed E-state index contributed by atoms with van der Waals surface area (Å²) in [6, 6.07) is 6.42. The molecule has 0 radical (unpaired) electrons. The van der Waals surface area contributed by atoms with Crippen LogP contribution in [0.15, 0.2) is 36.7 Å². The van der Waals surface area contributed by atoms with Gasteiger partial charge in [0.1, 0.15) is 5.82 Å². The van der Waals surface area contributed by atoms with Gasteiger partial charge in [0.15, 0.2) is 0 Å². The summed E-state index contributed by atoms with van der Waals surface area (Å²) in [5.41, 5.74) is 1.01. The van der Waals surface area contributed by atoms with Crippen LogP contribution in [0.25, 0.3) is 0 Å². The number of aromatic nitrogens is 2. The van der Waals surface area contributed by atoms with Crippen LogP contribution >= 0.6 is 0 Å². The third-order valence-electron chi connectivity index (χ3n) is 2.62. The minimum atomic E-state index is -0.222. The number of imidazole rings is 1. The minimum Gasteiger partial charge on any atom is -0.383 e. The molecule has 0 spiro atoms. The van der Waals surface area contributed by atoms with Crippen molar-refractivity contribution in [1.29, 1.82) is 0 Å². The van der Waals surface area contributed by atoms with Crippen molar-refractivity contribution < 1.29 is 9.13 Å². The number of methoxy groups -OCH3 is 1. The Morgan fingerprint density at radius 1 is 1.33 bits per heavy atom. The molecule has 5 heteroatoms. The maximum atomic E-state index is 12.8. The average Bonchev–Trinajstić information content (AvgIpc) is 2.83. The Morgan fingerprint density at radius 2 is 2.11 bits per heavy atom. The highest BCUT2D eigenvalue weighted by atomic mass is 19.1. The van der Waals surface area contributed by atoms with Crippen LogP contribution in [0.5, 0.6) is 0 Å². The van der Waals surface area contributed by atoms with Gasteiger partial charge in [0.05, 0.1) is 6.61 Å². The first kappa shape index (κ1) is 12.6. The maximum absolute atomic E-state index is 12.8. The molecule has 0 saturated heterocycles. The number of halogens is 1. The van der Waals surface area contributed by atoms with Gasteiger partial charge in [-0.2, -0.15) is 0 Å². The predicted octanol–water partition coefficient (Wildman–Crippen LogP) is 2.28. The molecule has 0 saturated carbocycles. The minimum absolute atomic E-state index is 0.222. The summed E-state index contributed by atoms with van der Waals surface area (Å²) in [6.45, 7) is 2.01. The van der Waals surface area contributed by atoms with Crippen molar-refractivity contribution in [3.8, 4) is 0 Å². The van der Waals surface area contributed by atoms with E-state index < -0.39 is 0 Å². The van der Waals surface area contributed by atoms with E-state index in [1.54, 1.807) is 25.4 Å². The molecule has 0 aliphatic rings. The number of hydrogen-bond acceptors (Lipinski definition) is 3. The second kappa shape index (κ2) is 6.16. The number of hydrogen-bond donors (Lipinski definition) is 1. The van der Waals surface area contributed by atoms with E-state index in [4.69, 9.17) is 4.74 Å². The number of anilines is 1. The zero-order chi connectivity index (χ0) is 12.8. The molecule has 4 nitrogen and oxygen atoms in total. The van der Waals surface area contributed by atoms with Crippen molar-refractivity contribution in [3.63, 3.8) is 0 Å². The van der Waals surface area contributed by atoms with Gasteiger partial charge >= 0.3 is 0 Å². The number of benzene rings is 1. The first-order valence-corrected chi connectivity index (χ1v) is 5.78. The lowest BCUT2D eigenvalue weighted by Crippen LogP contribution is -2.10. The number of nitrogens with zero attached hydrogens (tertiary/aromatic N) is 2. The molecular formula is C13H16FN3O. The zero-order valence-electron chi connectivity index (χ0n) is 10.3. The van der Waals surface area contributed by atoms with E-state index in [9.17, 15) is 4.39 Å². The van der Waals surface area contributed by atoms with Crippen molar-refractivity contribution in [2.45, 2.75) is 13.1 Å². The molecule has 0 aliphatic heterocycles. The molecule has 0 atom stereocenters. The first-order valence-electron chi connectivity index (χ1n) is 5.78. The monoisotopic (exact) mass is 249 g/mol. The number of ether oxygens (including phenoxy) is 1. The van der Waals surface area contributed by atoms with E-state index in [-0.39, 0.29) is 5.82 Å². The van der Waals surface area contributed by atoms with Crippen molar-refractivity contribution in [3.05, 3.63) is 48.0 Å². The molecule has 0 unspecified atom stereocenters. The van der Waals surface area contributed by atoms with E-state index in [0.717, 1.165) is 18.1 Å². The molecule has 1 aromatic heterocycles. The molecule has 0 amide bonds. The second-order valence-corrected chi connectivity index (χ2v) is 3.92. The van der Waals surface area contributed by atoms with E-state index >= 15 is 0 Å². The summed E-state index contributed by atoms with van der Waals surface area (Å²) in [5.74, 6) is 0.566. The molecule has 1 heterocycles. The molecule has 1 N–H and O–H groups in total. The summed E-state index contributed by atoms with van der Waals surface area (Å²) in [4.78, 5) is 4.22. The Kier molecular flexibility index (Phi) is 4.30. The molecule has 1 aromatic carbocycles. The number of nitrogens with one attached hydrogen (secondary N) is 1. The van der Waals surface area contributed by atoms with Crippen LogP contribution in [0.4, 0.5) is 10.3 Å². The first-order chi connectivity index (χ1) is 8.79. The van der Waals surface area contributed by atoms with Crippen LogP contribution in [0.2, 0.25) is 0 Å². The van der Waals surface area contributed by atoms with Gasteiger partial charge in [-0.1, -0.05) is 12.1 Å². The molecule has 18 heavy (non-hydrogen) atoms. The molecule has 96 valence electrons. The van der Waals surface area contributed by atoms with E-state index in [0.29, 0.717) is 13.2 Å². The van der Waals surface area contributed by atoms with Gasteiger partial charge in [0.25, 0.3) is 0 Å². The number of rotatable bonds is 6. The lowest BCUT2D eigenvalue weighted by atomic mass is 10.2. The van der Waals surface area contributed by atoms with E-state index in [1.165, 1.54) is 12.1 Å². The fourth-order valence-electron chi connectivity index (χ4n) is 1.63. The van der Waals surface area contributed by atoms with Crippen LogP contribution in [0, 0.1) is 5.82 Å². The van der Waals surface area contributed by atoms with Gasteiger partial charge in [-0.15, -0.1) is 0 Å². The Bertz CT molecular complexity index is 481. The van der Waals surface area contributed by atoms with E-state index in [1.807, 2.05) is 10.8 Å². The van der Waals surface area contributed by atoms with Crippen LogP contribution in [-0.2, 0) is 17.8 Å². The quantitative estimate of drug-likeness (QED) is 0.853. The summed E-state index contributed by atoms with van der Waals surface area (Å²) in [6.07, 6.45) is 3.63. The lowest BCUT2D eigenvalue weighted by molar-refractivity contribution is 0.187.